The Balaban J connectivity index is 1.68. The van der Waals surface area contributed by atoms with E-state index in [4.69, 9.17) is 27.9 Å². The molecule has 3 rings (SSSR count). The smallest absolute Gasteiger partial charge is 0.264 e. The van der Waals surface area contributed by atoms with Crippen LogP contribution in [0.15, 0.2) is 76.5 Å². The third kappa shape index (κ3) is 7.39. The lowest BCUT2D eigenvalue weighted by molar-refractivity contribution is -0.119. The summed E-state index contributed by atoms with van der Waals surface area (Å²) in [5, 5.41) is 3.06. The summed E-state index contributed by atoms with van der Waals surface area (Å²) in [4.78, 5) is 12.9. The molecular formula is C25H27Cl2N3O6S2. The lowest BCUT2D eigenvalue weighted by Gasteiger charge is -2.24. The maximum atomic E-state index is 13.4. The highest BCUT2D eigenvalue weighted by atomic mass is 35.5. The molecule has 3 aromatic carbocycles. The van der Waals surface area contributed by atoms with Crippen LogP contribution in [0.2, 0.25) is 10.0 Å². The van der Waals surface area contributed by atoms with Crippen LogP contribution in [0, 0.1) is 6.92 Å². The Morgan fingerprint density at radius 1 is 0.842 bits per heavy atom. The van der Waals surface area contributed by atoms with Gasteiger partial charge in [-0.1, -0.05) is 40.9 Å². The average Bonchev–Trinajstić information content (AvgIpc) is 2.85. The minimum absolute atomic E-state index is 0.00931. The first-order valence-electron chi connectivity index (χ1n) is 11.3. The summed E-state index contributed by atoms with van der Waals surface area (Å²) in [6.45, 7) is 1.45. The number of nitrogens with one attached hydrogen (secondary N) is 1. The third-order valence-corrected chi connectivity index (χ3v) is 9.38. The number of hydrogen-bond acceptors (Lipinski definition) is 6. The minimum atomic E-state index is -4.12. The number of aryl methyl sites for hydroxylation is 1. The molecule has 0 aliphatic rings. The average molecular weight is 601 g/mol. The second kappa shape index (κ2) is 12.4. The Bertz CT molecular complexity index is 1470. The summed E-state index contributed by atoms with van der Waals surface area (Å²) in [7, 11) is -4.80. The number of ether oxygens (including phenoxy) is 1. The summed E-state index contributed by atoms with van der Waals surface area (Å²) in [5.41, 5.74) is 1.02. The van der Waals surface area contributed by atoms with E-state index in [0.717, 1.165) is 14.2 Å². The highest BCUT2D eigenvalue weighted by molar-refractivity contribution is 7.92. The lowest BCUT2D eigenvalue weighted by atomic mass is 10.2. The molecule has 0 aliphatic heterocycles. The van der Waals surface area contributed by atoms with Crippen LogP contribution in [0.1, 0.15) is 5.56 Å². The zero-order chi connectivity index (χ0) is 28.1. The number of amides is 1. The normalized spacial score (nSPS) is 11.8. The molecule has 204 valence electrons. The first-order chi connectivity index (χ1) is 17.8. The number of carbonyl (C=O) groups excluding carboxylic acids is 1. The van der Waals surface area contributed by atoms with Gasteiger partial charge < -0.3 is 10.1 Å². The van der Waals surface area contributed by atoms with E-state index in [0.29, 0.717) is 5.75 Å². The van der Waals surface area contributed by atoms with Crippen molar-refractivity contribution < 1.29 is 26.4 Å². The molecule has 13 heteroatoms. The Hall–Kier alpha value is -2.83. The van der Waals surface area contributed by atoms with Crippen molar-refractivity contribution in [2.24, 2.45) is 0 Å². The van der Waals surface area contributed by atoms with E-state index in [9.17, 15) is 21.6 Å². The lowest BCUT2D eigenvalue weighted by Crippen LogP contribution is -2.42. The number of halogens is 2. The van der Waals surface area contributed by atoms with E-state index in [1.165, 1.54) is 68.7 Å². The molecule has 0 heterocycles. The highest BCUT2D eigenvalue weighted by Gasteiger charge is 2.27. The quantitative estimate of drug-likeness (QED) is 0.334. The van der Waals surface area contributed by atoms with Gasteiger partial charge in [0.1, 0.15) is 18.9 Å². The topological polar surface area (TPSA) is 113 Å². The molecule has 1 amide bonds. The fourth-order valence-corrected chi connectivity index (χ4v) is 6.12. The van der Waals surface area contributed by atoms with Gasteiger partial charge in [-0.05, 0) is 61.5 Å². The molecule has 0 saturated heterocycles. The molecule has 0 radical (unpaired) electrons. The zero-order valence-corrected chi connectivity index (χ0v) is 24.0. The monoisotopic (exact) mass is 599 g/mol. The van der Waals surface area contributed by atoms with E-state index in [-0.39, 0.29) is 38.7 Å². The molecule has 0 aliphatic carbocycles. The summed E-state index contributed by atoms with van der Waals surface area (Å²) in [6, 6.07) is 16.4. The molecule has 3 aromatic rings. The Labute approximate surface area is 233 Å². The fraction of sp³-hybridized carbons (Fsp3) is 0.240. The second-order valence-corrected chi connectivity index (χ2v) is 13.3. The third-order valence-electron chi connectivity index (χ3n) is 5.33. The molecule has 0 unspecified atom stereocenters. The van der Waals surface area contributed by atoms with Crippen molar-refractivity contribution >= 4 is 54.8 Å². The Morgan fingerprint density at radius 3 is 1.92 bits per heavy atom. The van der Waals surface area contributed by atoms with Gasteiger partial charge in [0, 0.05) is 24.1 Å². The van der Waals surface area contributed by atoms with E-state index < -0.39 is 32.5 Å². The summed E-state index contributed by atoms with van der Waals surface area (Å²) in [5.74, 6) is -0.165. The molecule has 0 atom stereocenters. The first kappa shape index (κ1) is 29.7. The SMILES string of the molecule is Cc1ccc(S(=O)(=O)N(CC(=O)NCCOc2ccc(S(=O)(=O)N(C)C)cc2)c2cc(Cl)cc(Cl)c2)cc1. The molecule has 9 nitrogen and oxygen atoms in total. The van der Waals surface area contributed by atoms with Gasteiger partial charge >= 0.3 is 0 Å². The number of hydrogen-bond donors (Lipinski definition) is 1. The van der Waals surface area contributed by atoms with E-state index in [2.05, 4.69) is 5.32 Å². The summed E-state index contributed by atoms with van der Waals surface area (Å²) in [6.07, 6.45) is 0. The van der Waals surface area contributed by atoms with Crippen LogP contribution < -0.4 is 14.4 Å². The highest BCUT2D eigenvalue weighted by Crippen LogP contribution is 2.29. The number of carbonyl (C=O) groups is 1. The van der Waals surface area contributed by atoms with Crippen LogP contribution >= 0.6 is 23.2 Å². The van der Waals surface area contributed by atoms with Gasteiger partial charge in [-0.3, -0.25) is 9.10 Å². The number of sulfonamides is 2. The van der Waals surface area contributed by atoms with Crippen LogP contribution in [0.3, 0.4) is 0 Å². The van der Waals surface area contributed by atoms with Gasteiger partial charge in [-0.2, -0.15) is 0 Å². The van der Waals surface area contributed by atoms with Crippen molar-refractivity contribution in [2.75, 3.05) is 38.1 Å². The van der Waals surface area contributed by atoms with Crippen LogP contribution in [0.25, 0.3) is 0 Å². The van der Waals surface area contributed by atoms with Gasteiger partial charge in [-0.25, -0.2) is 21.1 Å². The second-order valence-electron chi connectivity index (χ2n) is 8.41. The number of anilines is 1. The maximum Gasteiger partial charge on any atom is 0.264 e. The standard InChI is InChI=1S/C25H27Cl2N3O6S2/c1-18-4-8-24(9-5-18)38(34,35)30(21-15-19(26)14-20(27)16-21)17-25(31)28-12-13-36-22-6-10-23(11-7-22)37(32,33)29(2)3/h4-11,14-16H,12-13,17H2,1-3H3,(H,28,31). The zero-order valence-electron chi connectivity index (χ0n) is 20.9. The summed E-state index contributed by atoms with van der Waals surface area (Å²) < 4.78 is 58.8. The van der Waals surface area contributed by atoms with Gasteiger partial charge in [0.25, 0.3) is 10.0 Å². The van der Waals surface area contributed by atoms with E-state index >= 15 is 0 Å². The van der Waals surface area contributed by atoms with Crippen molar-refractivity contribution in [3.05, 3.63) is 82.3 Å². The molecule has 1 N–H and O–H groups in total. The van der Waals surface area contributed by atoms with Gasteiger partial charge in [0.15, 0.2) is 0 Å². The predicted molar refractivity (Wildman–Crippen MR) is 148 cm³/mol. The Kier molecular flexibility index (Phi) is 9.66. The van der Waals surface area contributed by atoms with Gasteiger partial charge in [-0.15, -0.1) is 0 Å². The molecule has 38 heavy (non-hydrogen) atoms. The largest absolute Gasteiger partial charge is 0.492 e. The van der Waals surface area contributed by atoms with Crippen LogP contribution in [0.4, 0.5) is 5.69 Å². The van der Waals surface area contributed by atoms with E-state index in [1.54, 1.807) is 12.1 Å². The molecule has 0 aromatic heterocycles. The van der Waals surface area contributed by atoms with E-state index in [1.807, 2.05) is 6.92 Å². The number of rotatable bonds is 11. The fourth-order valence-electron chi connectivity index (χ4n) is 3.30. The van der Waals surface area contributed by atoms with Crippen molar-refractivity contribution in [3.63, 3.8) is 0 Å². The van der Waals surface area contributed by atoms with Crippen LogP contribution in [0.5, 0.6) is 5.75 Å². The van der Waals surface area contributed by atoms with Crippen LogP contribution in [-0.2, 0) is 24.8 Å². The molecule has 0 bridgehead atoms. The summed E-state index contributed by atoms with van der Waals surface area (Å²) >= 11 is 12.2. The molecule has 0 saturated carbocycles. The molecule has 0 spiro atoms. The number of nitrogens with zero attached hydrogens (tertiary/aromatic N) is 2. The van der Waals surface area contributed by atoms with Crippen molar-refractivity contribution in [2.45, 2.75) is 16.7 Å². The van der Waals surface area contributed by atoms with Crippen LogP contribution in [-0.4, -0.2) is 60.8 Å². The van der Waals surface area contributed by atoms with Crippen molar-refractivity contribution in [1.82, 2.24) is 9.62 Å². The predicted octanol–water partition coefficient (Wildman–Crippen LogP) is 3.94. The Morgan fingerprint density at radius 2 is 1.37 bits per heavy atom. The maximum absolute atomic E-state index is 13.4. The van der Waals surface area contributed by atoms with Gasteiger partial charge in [0.05, 0.1) is 22.0 Å². The molecule has 0 fully saturated rings. The van der Waals surface area contributed by atoms with Gasteiger partial charge in [0.2, 0.25) is 15.9 Å². The first-order valence-corrected chi connectivity index (χ1v) is 14.9. The minimum Gasteiger partial charge on any atom is -0.492 e. The number of benzene rings is 3. The molecular weight excluding hydrogens is 573 g/mol. The van der Waals surface area contributed by atoms with Crippen molar-refractivity contribution in [1.29, 1.82) is 0 Å². The van der Waals surface area contributed by atoms with Crippen molar-refractivity contribution in [3.8, 4) is 5.75 Å².